The SMILES string of the molecule is O=C(c1csc(-c2cccs2)n1)N1CC(OCc2ccc(F)cc2)C1. The lowest BCUT2D eigenvalue weighted by atomic mass is 10.1. The van der Waals surface area contributed by atoms with E-state index in [-0.39, 0.29) is 17.8 Å². The van der Waals surface area contributed by atoms with Crippen molar-refractivity contribution in [2.75, 3.05) is 13.1 Å². The van der Waals surface area contributed by atoms with Crippen molar-refractivity contribution < 1.29 is 13.9 Å². The van der Waals surface area contributed by atoms with E-state index in [1.807, 2.05) is 22.9 Å². The number of likely N-dealkylation sites (tertiary alicyclic amines) is 1. The van der Waals surface area contributed by atoms with Gasteiger partial charge in [0.15, 0.2) is 0 Å². The first-order valence-electron chi connectivity index (χ1n) is 7.84. The number of nitrogens with zero attached hydrogens (tertiary/aromatic N) is 2. The number of carbonyl (C=O) groups is 1. The average molecular weight is 374 g/mol. The zero-order valence-corrected chi connectivity index (χ0v) is 14.9. The highest BCUT2D eigenvalue weighted by Gasteiger charge is 2.33. The maximum atomic E-state index is 12.9. The quantitative estimate of drug-likeness (QED) is 0.677. The smallest absolute Gasteiger partial charge is 0.273 e. The molecule has 1 amide bonds. The highest BCUT2D eigenvalue weighted by molar-refractivity contribution is 7.20. The fourth-order valence-electron chi connectivity index (χ4n) is 2.55. The van der Waals surface area contributed by atoms with Crippen molar-refractivity contribution in [3.05, 3.63) is 64.2 Å². The van der Waals surface area contributed by atoms with Crippen LogP contribution in [0.5, 0.6) is 0 Å². The number of amides is 1. The van der Waals surface area contributed by atoms with Crippen molar-refractivity contribution in [3.63, 3.8) is 0 Å². The van der Waals surface area contributed by atoms with Crippen LogP contribution in [-0.4, -0.2) is 35.0 Å². The van der Waals surface area contributed by atoms with Gasteiger partial charge in [0.05, 0.1) is 17.6 Å². The molecule has 3 heterocycles. The molecular weight excluding hydrogens is 359 g/mol. The topological polar surface area (TPSA) is 42.4 Å². The highest BCUT2D eigenvalue weighted by Crippen LogP contribution is 2.28. The van der Waals surface area contributed by atoms with Gasteiger partial charge in [-0.1, -0.05) is 18.2 Å². The summed E-state index contributed by atoms with van der Waals surface area (Å²) < 4.78 is 18.6. The summed E-state index contributed by atoms with van der Waals surface area (Å²) in [5.74, 6) is -0.310. The molecule has 4 nitrogen and oxygen atoms in total. The van der Waals surface area contributed by atoms with Crippen molar-refractivity contribution in [2.45, 2.75) is 12.7 Å². The Hall–Kier alpha value is -2.09. The van der Waals surface area contributed by atoms with Crippen LogP contribution in [0.2, 0.25) is 0 Å². The summed E-state index contributed by atoms with van der Waals surface area (Å²) in [6, 6.07) is 10.2. The monoisotopic (exact) mass is 374 g/mol. The van der Waals surface area contributed by atoms with E-state index in [1.54, 1.807) is 28.4 Å². The fraction of sp³-hybridized carbons (Fsp3) is 0.222. The van der Waals surface area contributed by atoms with E-state index >= 15 is 0 Å². The average Bonchev–Trinajstić information content (AvgIpc) is 3.26. The van der Waals surface area contributed by atoms with Crippen molar-refractivity contribution in [1.82, 2.24) is 9.88 Å². The minimum absolute atomic E-state index is 0.0180. The van der Waals surface area contributed by atoms with Crippen LogP contribution in [-0.2, 0) is 11.3 Å². The molecule has 7 heteroatoms. The van der Waals surface area contributed by atoms with Crippen LogP contribution in [0, 0.1) is 5.82 Å². The van der Waals surface area contributed by atoms with Gasteiger partial charge in [-0.3, -0.25) is 4.79 Å². The molecule has 0 radical (unpaired) electrons. The number of carbonyl (C=O) groups excluding carboxylic acids is 1. The van der Waals surface area contributed by atoms with E-state index in [9.17, 15) is 9.18 Å². The van der Waals surface area contributed by atoms with Crippen LogP contribution in [0.15, 0.2) is 47.2 Å². The van der Waals surface area contributed by atoms with Gasteiger partial charge in [0.2, 0.25) is 0 Å². The molecule has 0 atom stereocenters. The summed E-state index contributed by atoms with van der Waals surface area (Å²) in [7, 11) is 0. The molecule has 1 aliphatic heterocycles. The van der Waals surface area contributed by atoms with Gasteiger partial charge in [-0.25, -0.2) is 9.37 Å². The molecule has 0 aliphatic carbocycles. The number of thiazole rings is 1. The first-order valence-corrected chi connectivity index (χ1v) is 9.60. The molecule has 3 aromatic rings. The molecule has 1 saturated heterocycles. The van der Waals surface area contributed by atoms with Gasteiger partial charge in [0.1, 0.15) is 16.5 Å². The Morgan fingerprint density at radius 1 is 1.24 bits per heavy atom. The Morgan fingerprint density at radius 2 is 2.04 bits per heavy atom. The number of hydrogen-bond acceptors (Lipinski definition) is 5. The van der Waals surface area contributed by atoms with E-state index in [1.165, 1.54) is 23.5 Å². The fourth-order valence-corrected chi connectivity index (χ4v) is 4.16. The molecule has 0 bridgehead atoms. The van der Waals surface area contributed by atoms with Gasteiger partial charge in [0.25, 0.3) is 5.91 Å². The molecule has 25 heavy (non-hydrogen) atoms. The standard InChI is InChI=1S/C18H15FN2O2S2/c19-13-5-3-12(4-6-13)10-23-14-8-21(9-14)18(22)15-11-25-17(20-15)16-2-1-7-24-16/h1-7,11,14H,8-10H2. The van der Waals surface area contributed by atoms with Gasteiger partial charge in [-0.05, 0) is 29.1 Å². The molecule has 1 fully saturated rings. The predicted octanol–water partition coefficient (Wildman–Crippen LogP) is 4.05. The maximum Gasteiger partial charge on any atom is 0.273 e. The number of benzene rings is 1. The number of thiophene rings is 1. The Bertz CT molecular complexity index is 856. The number of hydrogen-bond donors (Lipinski definition) is 0. The van der Waals surface area contributed by atoms with Crippen LogP contribution in [0.4, 0.5) is 4.39 Å². The number of rotatable bonds is 5. The number of ether oxygens (including phenoxy) is 1. The largest absolute Gasteiger partial charge is 0.370 e. The summed E-state index contributed by atoms with van der Waals surface area (Å²) in [6.45, 7) is 1.55. The zero-order valence-electron chi connectivity index (χ0n) is 13.2. The molecule has 1 aromatic carbocycles. The maximum absolute atomic E-state index is 12.9. The van der Waals surface area contributed by atoms with Crippen LogP contribution < -0.4 is 0 Å². The second kappa shape index (κ2) is 7.03. The van der Waals surface area contributed by atoms with Gasteiger partial charge in [0, 0.05) is 18.5 Å². The summed E-state index contributed by atoms with van der Waals surface area (Å²) >= 11 is 3.10. The van der Waals surface area contributed by atoms with E-state index in [0.717, 1.165) is 15.4 Å². The van der Waals surface area contributed by atoms with Gasteiger partial charge < -0.3 is 9.64 Å². The van der Waals surface area contributed by atoms with Gasteiger partial charge in [-0.2, -0.15) is 0 Å². The van der Waals surface area contributed by atoms with Crippen molar-refractivity contribution in [3.8, 4) is 9.88 Å². The van der Waals surface area contributed by atoms with Crippen LogP contribution in [0.3, 0.4) is 0 Å². The first kappa shape index (κ1) is 16.4. The minimum atomic E-state index is -0.255. The molecule has 0 spiro atoms. The lowest BCUT2D eigenvalue weighted by Crippen LogP contribution is -2.54. The lowest BCUT2D eigenvalue weighted by Gasteiger charge is -2.38. The Morgan fingerprint density at radius 3 is 2.76 bits per heavy atom. The third-order valence-electron chi connectivity index (χ3n) is 3.99. The minimum Gasteiger partial charge on any atom is -0.370 e. The van der Waals surface area contributed by atoms with Crippen molar-refractivity contribution in [2.24, 2.45) is 0 Å². The third kappa shape index (κ3) is 3.63. The molecule has 0 saturated carbocycles. The molecule has 0 unspecified atom stereocenters. The molecule has 0 N–H and O–H groups in total. The van der Waals surface area contributed by atoms with Gasteiger partial charge >= 0.3 is 0 Å². The Labute approximate surface area is 152 Å². The summed E-state index contributed by atoms with van der Waals surface area (Å²) in [5.41, 5.74) is 1.41. The van der Waals surface area contributed by atoms with Gasteiger partial charge in [-0.15, -0.1) is 22.7 Å². The first-order chi connectivity index (χ1) is 12.2. The van der Waals surface area contributed by atoms with Crippen molar-refractivity contribution >= 4 is 28.6 Å². The molecular formula is C18H15FN2O2S2. The third-order valence-corrected chi connectivity index (χ3v) is 5.87. The summed E-state index contributed by atoms with van der Waals surface area (Å²) in [6.07, 6.45) is 0.0180. The number of halogens is 1. The second-order valence-corrected chi connectivity index (χ2v) is 7.59. The lowest BCUT2D eigenvalue weighted by molar-refractivity contribution is -0.0504. The van der Waals surface area contributed by atoms with Crippen LogP contribution in [0.1, 0.15) is 16.1 Å². The predicted molar refractivity (Wildman–Crippen MR) is 96.3 cm³/mol. The highest BCUT2D eigenvalue weighted by atomic mass is 32.1. The molecule has 2 aromatic heterocycles. The Kier molecular flexibility index (Phi) is 4.61. The molecule has 128 valence electrons. The number of aromatic nitrogens is 1. The normalized spacial score (nSPS) is 14.5. The second-order valence-electron chi connectivity index (χ2n) is 5.78. The van der Waals surface area contributed by atoms with E-state index in [2.05, 4.69) is 4.98 Å². The van der Waals surface area contributed by atoms with E-state index in [4.69, 9.17) is 4.74 Å². The molecule has 1 aliphatic rings. The summed E-state index contributed by atoms with van der Waals surface area (Å²) in [5, 5.41) is 4.68. The van der Waals surface area contributed by atoms with E-state index in [0.29, 0.717) is 25.4 Å². The Balaban J connectivity index is 1.28. The summed E-state index contributed by atoms with van der Waals surface area (Å²) in [4.78, 5) is 19.7. The molecule has 4 rings (SSSR count). The van der Waals surface area contributed by atoms with Crippen molar-refractivity contribution in [1.29, 1.82) is 0 Å². The van der Waals surface area contributed by atoms with Crippen LogP contribution >= 0.6 is 22.7 Å². The zero-order chi connectivity index (χ0) is 17.2. The van der Waals surface area contributed by atoms with E-state index < -0.39 is 0 Å². The van der Waals surface area contributed by atoms with Crippen LogP contribution in [0.25, 0.3) is 9.88 Å².